The minimum atomic E-state index is -0.138. The van der Waals surface area contributed by atoms with Crippen molar-refractivity contribution < 1.29 is 4.79 Å². The van der Waals surface area contributed by atoms with Crippen LogP contribution in [0.5, 0.6) is 0 Å². The molecule has 0 aliphatic rings. The number of benzene rings is 1. The van der Waals surface area contributed by atoms with Crippen molar-refractivity contribution >= 4 is 5.78 Å². The van der Waals surface area contributed by atoms with Crippen LogP contribution in [0.3, 0.4) is 0 Å². The van der Waals surface area contributed by atoms with E-state index in [9.17, 15) is 4.79 Å². The van der Waals surface area contributed by atoms with Crippen molar-refractivity contribution in [1.29, 1.82) is 0 Å². The maximum absolute atomic E-state index is 12.1. The molecule has 1 unspecified atom stereocenters. The Hall–Kier alpha value is -1.41. The zero-order valence-electron chi connectivity index (χ0n) is 10.0. The van der Waals surface area contributed by atoms with Crippen molar-refractivity contribution in [2.75, 3.05) is 14.1 Å². The number of carbonyl (C=O) groups excluding carboxylic acids is 1. The Bertz CT molecular complexity index is 343. The molecule has 16 heavy (non-hydrogen) atoms. The van der Waals surface area contributed by atoms with Crippen LogP contribution >= 0.6 is 0 Å². The quantitative estimate of drug-likeness (QED) is 0.683. The van der Waals surface area contributed by atoms with E-state index in [0.717, 1.165) is 12.0 Å². The molecule has 0 heterocycles. The first-order valence-electron chi connectivity index (χ1n) is 5.51. The second-order valence-corrected chi connectivity index (χ2v) is 4.07. The molecule has 0 aliphatic heterocycles. The normalized spacial score (nSPS) is 12.4. The number of Topliss-reactive ketones (excluding diaryl/α,β-unsaturated/α-hetero) is 1. The summed E-state index contributed by atoms with van der Waals surface area (Å²) in [6, 6.07) is 9.75. The number of rotatable bonds is 6. The third-order valence-corrected chi connectivity index (χ3v) is 2.53. The molecular formula is C14H19NO. The smallest absolute Gasteiger partial charge is 0.154 e. The van der Waals surface area contributed by atoms with Gasteiger partial charge in [0.25, 0.3) is 0 Å². The van der Waals surface area contributed by atoms with E-state index in [1.54, 1.807) is 6.08 Å². The lowest BCUT2D eigenvalue weighted by Gasteiger charge is -2.23. The molecule has 0 bridgehead atoms. The van der Waals surface area contributed by atoms with Gasteiger partial charge < -0.3 is 0 Å². The average Bonchev–Trinajstić information content (AvgIpc) is 2.27. The van der Waals surface area contributed by atoms with Crippen LogP contribution in [0.4, 0.5) is 0 Å². The molecule has 0 aromatic heterocycles. The van der Waals surface area contributed by atoms with E-state index >= 15 is 0 Å². The van der Waals surface area contributed by atoms with E-state index in [4.69, 9.17) is 0 Å². The number of hydrogen-bond acceptors (Lipinski definition) is 2. The van der Waals surface area contributed by atoms with E-state index in [1.807, 2.05) is 49.3 Å². The highest BCUT2D eigenvalue weighted by molar-refractivity contribution is 5.85. The van der Waals surface area contributed by atoms with Crippen molar-refractivity contribution in [3.05, 3.63) is 48.6 Å². The van der Waals surface area contributed by atoms with Gasteiger partial charge in [-0.3, -0.25) is 9.69 Å². The molecular weight excluding hydrogens is 198 g/mol. The van der Waals surface area contributed by atoms with Gasteiger partial charge in [0.2, 0.25) is 0 Å². The Morgan fingerprint density at radius 3 is 2.50 bits per heavy atom. The summed E-state index contributed by atoms with van der Waals surface area (Å²) in [7, 11) is 3.87. The van der Waals surface area contributed by atoms with Crippen molar-refractivity contribution in [1.82, 2.24) is 4.90 Å². The van der Waals surface area contributed by atoms with Gasteiger partial charge >= 0.3 is 0 Å². The molecule has 0 radical (unpaired) electrons. The molecule has 0 fully saturated rings. The second-order valence-electron chi connectivity index (χ2n) is 4.07. The Labute approximate surface area is 97.6 Å². The van der Waals surface area contributed by atoms with Crippen molar-refractivity contribution in [2.24, 2.45) is 0 Å². The van der Waals surface area contributed by atoms with Gasteiger partial charge in [-0.05, 0) is 26.1 Å². The van der Waals surface area contributed by atoms with Gasteiger partial charge in [-0.2, -0.15) is 0 Å². The van der Waals surface area contributed by atoms with Gasteiger partial charge in [0.15, 0.2) is 5.78 Å². The molecule has 1 aromatic rings. The Morgan fingerprint density at radius 2 is 2.00 bits per heavy atom. The van der Waals surface area contributed by atoms with E-state index in [0.29, 0.717) is 6.42 Å². The minimum Gasteiger partial charge on any atom is -0.298 e. The fourth-order valence-electron chi connectivity index (χ4n) is 1.79. The summed E-state index contributed by atoms with van der Waals surface area (Å²) in [6.45, 7) is 3.64. The van der Waals surface area contributed by atoms with Crippen molar-refractivity contribution in [2.45, 2.75) is 18.9 Å². The molecule has 0 amide bonds. The van der Waals surface area contributed by atoms with Crippen molar-refractivity contribution in [3.8, 4) is 0 Å². The topological polar surface area (TPSA) is 20.3 Å². The van der Waals surface area contributed by atoms with Crippen LogP contribution in [-0.4, -0.2) is 24.8 Å². The monoisotopic (exact) mass is 217 g/mol. The zero-order valence-corrected chi connectivity index (χ0v) is 10.0. The standard InChI is InChI=1S/C14H19NO/c1-4-5-11-13(16)14(15(2)3)12-9-7-6-8-10-12/h4,6-10,14H,1,5,11H2,2-3H3. The zero-order chi connectivity index (χ0) is 12.0. The lowest BCUT2D eigenvalue weighted by atomic mass is 9.99. The molecule has 1 atom stereocenters. The number of nitrogens with zero attached hydrogens (tertiary/aromatic N) is 1. The number of likely N-dealkylation sites (N-methyl/N-ethyl adjacent to an activating group) is 1. The van der Waals surface area contributed by atoms with Crippen LogP contribution < -0.4 is 0 Å². The summed E-state index contributed by atoms with van der Waals surface area (Å²) in [6.07, 6.45) is 3.09. The summed E-state index contributed by atoms with van der Waals surface area (Å²) in [4.78, 5) is 14.0. The maximum Gasteiger partial charge on any atom is 0.154 e. The lowest BCUT2D eigenvalue weighted by molar-refractivity contribution is -0.123. The fraction of sp³-hybridized carbons (Fsp3) is 0.357. The molecule has 1 rings (SSSR count). The molecule has 0 N–H and O–H groups in total. The largest absolute Gasteiger partial charge is 0.298 e. The van der Waals surface area contributed by atoms with Crippen LogP contribution in [0.25, 0.3) is 0 Å². The molecule has 0 saturated heterocycles. The third-order valence-electron chi connectivity index (χ3n) is 2.53. The van der Waals surface area contributed by atoms with Crippen LogP contribution in [0.15, 0.2) is 43.0 Å². The van der Waals surface area contributed by atoms with Gasteiger partial charge in [-0.25, -0.2) is 0 Å². The fourth-order valence-corrected chi connectivity index (χ4v) is 1.79. The summed E-state index contributed by atoms with van der Waals surface area (Å²) < 4.78 is 0. The SMILES string of the molecule is C=CCCC(=O)C(c1ccccc1)N(C)C. The molecule has 2 nitrogen and oxygen atoms in total. The molecule has 0 saturated carbocycles. The Morgan fingerprint density at radius 1 is 1.38 bits per heavy atom. The predicted octanol–water partition coefficient (Wildman–Crippen LogP) is 2.82. The number of hydrogen-bond donors (Lipinski definition) is 0. The highest BCUT2D eigenvalue weighted by Gasteiger charge is 2.21. The molecule has 2 heteroatoms. The molecule has 0 aliphatic carbocycles. The first-order valence-corrected chi connectivity index (χ1v) is 5.51. The first kappa shape index (κ1) is 12.7. The molecule has 86 valence electrons. The van der Waals surface area contributed by atoms with Crippen LogP contribution in [-0.2, 0) is 4.79 Å². The second kappa shape index (κ2) is 6.23. The summed E-state index contributed by atoms with van der Waals surface area (Å²) in [5, 5.41) is 0. The van der Waals surface area contributed by atoms with E-state index in [2.05, 4.69) is 6.58 Å². The highest BCUT2D eigenvalue weighted by atomic mass is 16.1. The Balaban J connectivity index is 2.83. The van der Waals surface area contributed by atoms with Crippen molar-refractivity contribution in [3.63, 3.8) is 0 Å². The first-order chi connectivity index (χ1) is 7.66. The van der Waals surface area contributed by atoms with E-state index in [1.165, 1.54) is 0 Å². The van der Waals surface area contributed by atoms with E-state index < -0.39 is 0 Å². The lowest BCUT2D eigenvalue weighted by Crippen LogP contribution is -2.27. The number of carbonyl (C=O) groups is 1. The number of ketones is 1. The van der Waals surface area contributed by atoms with Crippen LogP contribution in [0.2, 0.25) is 0 Å². The Kier molecular flexibility index (Phi) is 4.93. The van der Waals surface area contributed by atoms with Crippen LogP contribution in [0, 0.1) is 0 Å². The summed E-state index contributed by atoms with van der Waals surface area (Å²) in [5.74, 6) is 0.246. The predicted molar refractivity (Wildman–Crippen MR) is 67.3 cm³/mol. The third kappa shape index (κ3) is 3.31. The maximum atomic E-state index is 12.1. The van der Waals surface area contributed by atoms with Gasteiger partial charge in [-0.15, -0.1) is 6.58 Å². The number of allylic oxidation sites excluding steroid dienone is 1. The summed E-state index contributed by atoms with van der Waals surface area (Å²) in [5.41, 5.74) is 1.06. The van der Waals surface area contributed by atoms with Gasteiger partial charge in [0, 0.05) is 6.42 Å². The van der Waals surface area contributed by atoms with Gasteiger partial charge in [0.05, 0.1) is 6.04 Å². The van der Waals surface area contributed by atoms with E-state index in [-0.39, 0.29) is 11.8 Å². The molecule has 1 aromatic carbocycles. The van der Waals surface area contributed by atoms with Gasteiger partial charge in [-0.1, -0.05) is 36.4 Å². The van der Waals surface area contributed by atoms with Gasteiger partial charge in [0.1, 0.15) is 0 Å². The molecule has 0 spiro atoms. The minimum absolute atomic E-state index is 0.138. The summed E-state index contributed by atoms with van der Waals surface area (Å²) >= 11 is 0. The van der Waals surface area contributed by atoms with Crippen LogP contribution in [0.1, 0.15) is 24.4 Å². The highest BCUT2D eigenvalue weighted by Crippen LogP contribution is 2.20. The average molecular weight is 217 g/mol.